The van der Waals surface area contributed by atoms with Crippen LogP contribution in [0.4, 0.5) is 14.5 Å². The molecule has 0 radical (unpaired) electrons. The molecule has 1 aliphatic rings. The van der Waals surface area contributed by atoms with E-state index in [1.165, 1.54) is 13.2 Å². The molecule has 2 aromatic carbocycles. The van der Waals surface area contributed by atoms with E-state index in [0.717, 1.165) is 36.9 Å². The maximum atomic E-state index is 12.8. The molecular weight excluding hydrogens is 414 g/mol. The minimum atomic E-state index is -3.48. The third-order valence-corrected chi connectivity index (χ3v) is 6.91. The van der Waals surface area contributed by atoms with Crippen molar-refractivity contribution in [3.8, 4) is 11.5 Å². The van der Waals surface area contributed by atoms with Crippen LogP contribution >= 0.6 is 0 Å². The molecule has 164 valence electrons. The van der Waals surface area contributed by atoms with E-state index in [2.05, 4.69) is 10.1 Å². The Morgan fingerprint density at radius 2 is 1.67 bits per heavy atom. The summed E-state index contributed by atoms with van der Waals surface area (Å²) in [6.45, 7) is -1.39. The molecule has 2 aromatic rings. The molecule has 3 rings (SSSR count). The lowest BCUT2D eigenvalue weighted by Gasteiger charge is -2.20. The van der Waals surface area contributed by atoms with Crippen molar-refractivity contribution in [2.75, 3.05) is 25.5 Å². The average Bonchev–Trinajstić information content (AvgIpc) is 3.03. The molecule has 1 N–H and O–H groups in total. The largest absolute Gasteiger partial charge is 0.493 e. The number of hydrogen-bond donors (Lipinski definition) is 1. The minimum absolute atomic E-state index is 0.0284. The van der Waals surface area contributed by atoms with E-state index in [0.29, 0.717) is 19.6 Å². The lowest BCUT2D eigenvalue weighted by atomic mass is 10.2. The van der Waals surface area contributed by atoms with Gasteiger partial charge < -0.3 is 14.8 Å². The van der Waals surface area contributed by atoms with Crippen molar-refractivity contribution >= 4 is 15.7 Å². The molecule has 1 aliphatic heterocycles. The van der Waals surface area contributed by atoms with Crippen LogP contribution in [0, 0.1) is 0 Å². The van der Waals surface area contributed by atoms with E-state index in [1.54, 1.807) is 40.7 Å². The summed E-state index contributed by atoms with van der Waals surface area (Å²) in [7, 11) is -2.10. The van der Waals surface area contributed by atoms with Crippen molar-refractivity contribution in [1.82, 2.24) is 4.31 Å². The summed E-state index contributed by atoms with van der Waals surface area (Å²) in [5, 5.41) is 3.19. The molecule has 30 heavy (non-hydrogen) atoms. The van der Waals surface area contributed by atoms with Gasteiger partial charge in [-0.3, -0.25) is 0 Å². The predicted molar refractivity (Wildman–Crippen MR) is 111 cm³/mol. The number of anilines is 1. The Morgan fingerprint density at radius 3 is 2.27 bits per heavy atom. The number of hydrogen-bond acceptors (Lipinski definition) is 5. The van der Waals surface area contributed by atoms with E-state index < -0.39 is 16.6 Å². The maximum absolute atomic E-state index is 12.8. The Labute approximate surface area is 175 Å². The van der Waals surface area contributed by atoms with Gasteiger partial charge in [0.25, 0.3) is 0 Å². The zero-order valence-electron chi connectivity index (χ0n) is 16.8. The number of halogens is 2. The Balaban J connectivity index is 1.64. The van der Waals surface area contributed by atoms with E-state index >= 15 is 0 Å². The van der Waals surface area contributed by atoms with Crippen molar-refractivity contribution in [2.24, 2.45) is 0 Å². The van der Waals surface area contributed by atoms with Crippen molar-refractivity contribution < 1.29 is 26.7 Å². The van der Waals surface area contributed by atoms with Crippen molar-refractivity contribution in [3.63, 3.8) is 0 Å². The van der Waals surface area contributed by atoms with Crippen LogP contribution in [0.5, 0.6) is 11.5 Å². The van der Waals surface area contributed by atoms with Gasteiger partial charge in [-0.1, -0.05) is 18.9 Å². The number of benzene rings is 2. The third-order valence-electron chi connectivity index (χ3n) is 5.00. The topological polar surface area (TPSA) is 67.9 Å². The van der Waals surface area contributed by atoms with Gasteiger partial charge in [-0.2, -0.15) is 13.1 Å². The van der Waals surface area contributed by atoms with Crippen LogP contribution in [0.25, 0.3) is 0 Å². The first-order valence-corrected chi connectivity index (χ1v) is 11.3. The Hall–Kier alpha value is -2.39. The molecule has 0 spiro atoms. The summed E-state index contributed by atoms with van der Waals surface area (Å²) in [4.78, 5) is 0.283. The summed E-state index contributed by atoms with van der Waals surface area (Å²) >= 11 is 0. The highest BCUT2D eigenvalue weighted by molar-refractivity contribution is 7.89. The van der Waals surface area contributed by atoms with Crippen LogP contribution in [-0.4, -0.2) is 39.5 Å². The van der Waals surface area contributed by atoms with Gasteiger partial charge in [-0.15, -0.1) is 0 Å². The van der Waals surface area contributed by atoms with E-state index in [1.807, 2.05) is 0 Å². The molecular formula is C21H26F2N2O4S. The van der Waals surface area contributed by atoms with Crippen molar-refractivity contribution in [2.45, 2.75) is 43.7 Å². The van der Waals surface area contributed by atoms with Gasteiger partial charge in [0.15, 0.2) is 11.5 Å². The fourth-order valence-corrected chi connectivity index (χ4v) is 4.91. The fourth-order valence-electron chi connectivity index (χ4n) is 3.40. The molecule has 0 amide bonds. The molecule has 6 nitrogen and oxygen atoms in total. The highest BCUT2D eigenvalue weighted by Gasteiger charge is 2.24. The third kappa shape index (κ3) is 5.60. The zero-order valence-corrected chi connectivity index (χ0v) is 17.6. The summed E-state index contributed by atoms with van der Waals surface area (Å²) < 4.78 is 61.6. The number of rotatable bonds is 8. The molecule has 0 unspecified atom stereocenters. The molecule has 0 atom stereocenters. The smallest absolute Gasteiger partial charge is 0.387 e. The van der Waals surface area contributed by atoms with Gasteiger partial charge in [-0.05, 0) is 54.8 Å². The first-order chi connectivity index (χ1) is 14.4. The maximum Gasteiger partial charge on any atom is 0.387 e. The molecule has 0 bridgehead atoms. The van der Waals surface area contributed by atoms with Crippen LogP contribution in [0.15, 0.2) is 47.4 Å². The monoisotopic (exact) mass is 440 g/mol. The Morgan fingerprint density at radius 1 is 1.00 bits per heavy atom. The lowest BCUT2D eigenvalue weighted by molar-refractivity contribution is -0.0512. The first-order valence-electron chi connectivity index (χ1n) is 9.86. The molecule has 0 aliphatic carbocycles. The number of alkyl halides is 2. The summed E-state index contributed by atoms with van der Waals surface area (Å²) in [5.41, 5.74) is 1.55. The normalized spacial score (nSPS) is 15.6. The fraction of sp³-hybridized carbons (Fsp3) is 0.429. The van der Waals surface area contributed by atoms with Crippen molar-refractivity contribution in [3.05, 3.63) is 48.0 Å². The molecule has 0 aromatic heterocycles. The number of ether oxygens (including phenoxy) is 2. The van der Waals surface area contributed by atoms with Crippen LogP contribution < -0.4 is 14.8 Å². The quantitative estimate of drug-likeness (QED) is 0.656. The van der Waals surface area contributed by atoms with Crippen LogP contribution in [0.2, 0.25) is 0 Å². The lowest BCUT2D eigenvalue weighted by Crippen LogP contribution is -2.31. The molecule has 1 saturated heterocycles. The van der Waals surface area contributed by atoms with Crippen LogP contribution in [0.3, 0.4) is 0 Å². The van der Waals surface area contributed by atoms with Gasteiger partial charge in [0, 0.05) is 25.3 Å². The molecule has 0 saturated carbocycles. The number of methoxy groups -OCH3 is 1. The second-order valence-electron chi connectivity index (χ2n) is 7.06. The Bertz CT molecular complexity index is 929. The van der Waals surface area contributed by atoms with Gasteiger partial charge in [0.1, 0.15) is 0 Å². The van der Waals surface area contributed by atoms with E-state index in [4.69, 9.17) is 4.74 Å². The zero-order chi connectivity index (χ0) is 21.6. The van der Waals surface area contributed by atoms with Crippen LogP contribution in [-0.2, 0) is 16.6 Å². The standard InChI is InChI=1S/C21H26F2N2O4S/c1-28-20-14-16(6-11-19(20)29-21(22)23)15-24-17-7-9-18(10-8-17)30(26,27)25-12-4-2-3-5-13-25/h6-11,14,21,24H,2-5,12-13,15H2,1H3. The SMILES string of the molecule is COc1cc(CNc2ccc(S(=O)(=O)N3CCCCCC3)cc2)ccc1OC(F)F. The van der Waals surface area contributed by atoms with Gasteiger partial charge in [0.05, 0.1) is 12.0 Å². The molecule has 1 fully saturated rings. The highest BCUT2D eigenvalue weighted by atomic mass is 32.2. The van der Waals surface area contributed by atoms with E-state index in [-0.39, 0.29) is 16.4 Å². The van der Waals surface area contributed by atoms with Gasteiger partial charge in [0.2, 0.25) is 10.0 Å². The second-order valence-corrected chi connectivity index (χ2v) is 9.00. The van der Waals surface area contributed by atoms with Crippen molar-refractivity contribution in [1.29, 1.82) is 0 Å². The van der Waals surface area contributed by atoms with Gasteiger partial charge in [-0.25, -0.2) is 8.42 Å². The summed E-state index contributed by atoms with van der Waals surface area (Å²) in [6, 6.07) is 11.3. The molecule has 9 heteroatoms. The highest BCUT2D eigenvalue weighted by Crippen LogP contribution is 2.30. The summed E-state index contributed by atoms with van der Waals surface area (Å²) in [6.07, 6.45) is 3.91. The predicted octanol–water partition coefficient (Wildman–Crippen LogP) is 4.47. The number of nitrogens with one attached hydrogen (secondary N) is 1. The average molecular weight is 441 g/mol. The first kappa shape index (κ1) is 22.3. The number of sulfonamides is 1. The van der Waals surface area contributed by atoms with Crippen LogP contribution in [0.1, 0.15) is 31.2 Å². The minimum Gasteiger partial charge on any atom is -0.493 e. The number of nitrogens with zero attached hydrogens (tertiary/aromatic N) is 1. The summed E-state index contributed by atoms with van der Waals surface area (Å²) in [5.74, 6) is 0.188. The van der Waals surface area contributed by atoms with E-state index in [9.17, 15) is 17.2 Å². The second kappa shape index (κ2) is 10.1. The molecule has 1 heterocycles. The Kier molecular flexibility index (Phi) is 7.49. The van der Waals surface area contributed by atoms with Gasteiger partial charge >= 0.3 is 6.61 Å².